The Kier molecular flexibility index (Phi) is 9.87. The van der Waals surface area contributed by atoms with Crippen molar-refractivity contribution in [3.8, 4) is 0 Å². The summed E-state index contributed by atoms with van der Waals surface area (Å²) in [5.74, 6) is -0.494. The van der Waals surface area contributed by atoms with Gasteiger partial charge in [0.15, 0.2) is 0 Å². The molecule has 0 aliphatic rings. The van der Waals surface area contributed by atoms with Crippen LogP contribution in [0.5, 0.6) is 0 Å². The second-order valence-electron chi connectivity index (χ2n) is 10.7. The Bertz CT molecular complexity index is 572. The zero-order valence-corrected chi connectivity index (χ0v) is 20.5. The molecule has 0 N–H and O–H groups in total. The molecule has 0 spiro atoms. The van der Waals surface area contributed by atoms with Crippen molar-refractivity contribution in [1.29, 1.82) is 0 Å². The van der Waals surface area contributed by atoms with Gasteiger partial charge in [-0.3, -0.25) is 14.4 Å². The number of ether oxygens (including phenoxy) is 2. The van der Waals surface area contributed by atoms with Gasteiger partial charge in [0, 0.05) is 18.5 Å². The molecule has 6 heteroatoms. The first-order valence-corrected chi connectivity index (χ1v) is 10.6. The van der Waals surface area contributed by atoms with Crippen molar-refractivity contribution in [2.24, 2.45) is 16.2 Å². The van der Waals surface area contributed by atoms with Crippen LogP contribution in [-0.2, 0) is 23.9 Å². The number of rotatable bonds is 10. The lowest BCUT2D eigenvalue weighted by Gasteiger charge is -2.33. The van der Waals surface area contributed by atoms with E-state index < -0.39 is 16.2 Å². The molecule has 1 atom stereocenters. The first-order valence-electron chi connectivity index (χ1n) is 10.6. The lowest BCUT2D eigenvalue weighted by atomic mass is 9.85. The fraction of sp³-hybridized carbons (Fsp3) is 0.870. The smallest absolute Gasteiger partial charge is 0.311 e. The van der Waals surface area contributed by atoms with Crippen LogP contribution in [0.2, 0.25) is 0 Å². The predicted octanol–water partition coefficient (Wildman–Crippen LogP) is 4.60. The molecule has 0 fully saturated rings. The van der Waals surface area contributed by atoms with E-state index >= 15 is 0 Å². The van der Waals surface area contributed by atoms with Crippen molar-refractivity contribution >= 4 is 17.8 Å². The van der Waals surface area contributed by atoms with E-state index in [1.807, 2.05) is 62.4 Å². The van der Waals surface area contributed by atoms with Gasteiger partial charge in [-0.05, 0) is 67.7 Å². The molecule has 0 saturated heterocycles. The molecule has 0 aromatic carbocycles. The Morgan fingerprint density at radius 1 is 0.828 bits per heavy atom. The van der Waals surface area contributed by atoms with E-state index in [4.69, 9.17) is 9.47 Å². The van der Waals surface area contributed by atoms with Crippen LogP contribution < -0.4 is 0 Å². The summed E-state index contributed by atoms with van der Waals surface area (Å²) >= 11 is 0. The Balaban J connectivity index is 4.62. The van der Waals surface area contributed by atoms with Gasteiger partial charge in [-0.15, -0.1) is 0 Å². The molecular formula is C23H43NO5. The number of hydrogen-bond donors (Lipinski definition) is 0. The van der Waals surface area contributed by atoms with E-state index in [0.29, 0.717) is 19.3 Å². The topological polar surface area (TPSA) is 72.9 Å². The third-order valence-corrected chi connectivity index (χ3v) is 5.22. The lowest BCUT2D eigenvalue weighted by Crippen LogP contribution is -2.42. The molecule has 29 heavy (non-hydrogen) atoms. The molecule has 170 valence electrons. The van der Waals surface area contributed by atoms with Crippen LogP contribution in [0.15, 0.2) is 0 Å². The molecule has 6 nitrogen and oxygen atoms in total. The second-order valence-corrected chi connectivity index (χ2v) is 10.7. The lowest BCUT2D eigenvalue weighted by molar-refractivity contribution is -0.163. The molecule has 1 amide bonds. The largest absolute Gasteiger partial charge is 0.465 e. The van der Waals surface area contributed by atoms with Gasteiger partial charge < -0.3 is 14.4 Å². The Morgan fingerprint density at radius 2 is 1.31 bits per heavy atom. The van der Waals surface area contributed by atoms with Gasteiger partial charge in [0.1, 0.15) is 0 Å². The standard InChI is InChI=1S/C23H43NO5/c1-16(2)29-20(27)23(9,10)14-15-28-19(26)22(7,8)13-12-17(3)24(11)18(25)21(4,5)6/h16-17H,12-15H2,1-11H3. The van der Waals surface area contributed by atoms with E-state index in [1.165, 1.54) is 0 Å². The average Bonchev–Trinajstić information content (AvgIpc) is 2.56. The average molecular weight is 414 g/mol. The zero-order chi connectivity index (χ0) is 23.2. The van der Waals surface area contributed by atoms with Crippen LogP contribution >= 0.6 is 0 Å². The molecule has 0 aromatic rings. The van der Waals surface area contributed by atoms with Crippen molar-refractivity contribution in [1.82, 2.24) is 4.90 Å². The molecule has 0 saturated carbocycles. The Morgan fingerprint density at radius 3 is 1.76 bits per heavy atom. The number of amides is 1. The highest BCUT2D eigenvalue weighted by molar-refractivity contribution is 5.81. The highest BCUT2D eigenvalue weighted by atomic mass is 16.5. The molecular weight excluding hydrogens is 370 g/mol. The number of nitrogens with zero attached hydrogens (tertiary/aromatic N) is 1. The van der Waals surface area contributed by atoms with Crippen molar-refractivity contribution in [3.05, 3.63) is 0 Å². The molecule has 0 aromatic heterocycles. The van der Waals surface area contributed by atoms with Crippen molar-refractivity contribution in [3.63, 3.8) is 0 Å². The summed E-state index contributed by atoms with van der Waals surface area (Å²) in [5.41, 5.74) is -1.80. The molecule has 0 aliphatic heterocycles. The monoisotopic (exact) mass is 413 g/mol. The van der Waals surface area contributed by atoms with Gasteiger partial charge in [-0.1, -0.05) is 20.8 Å². The first-order chi connectivity index (χ1) is 12.9. The van der Waals surface area contributed by atoms with Crippen LogP contribution in [-0.4, -0.2) is 48.5 Å². The molecule has 0 rings (SSSR count). The molecule has 0 heterocycles. The van der Waals surface area contributed by atoms with Gasteiger partial charge in [0.05, 0.1) is 23.5 Å². The van der Waals surface area contributed by atoms with E-state index in [2.05, 4.69) is 0 Å². The van der Waals surface area contributed by atoms with Gasteiger partial charge in [-0.25, -0.2) is 0 Å². The summed E-state index contributed by atoms with van der Waals surface area (Å²) in [6.45, 7) is 18.8. The summed E-state index contributed by atoms with van der Waals surface area (Å²) in [6.07, 6.45) is 1.54. The molecule has 0 radical (unpaired) electrons. The van der Waals surface area contributed by atoms with Gasteiger partial charge in [0.2, 0.25) is 5.91 Å². The van der Waals surface area contributed by atoms with Crippen LogP contribution in [0.25, 0.3) is 0 Å². The third-order valence-electron chi connectivity index (χ3n) is 5.22. The molecule has 1 unspecified atom stereocenters. The molecule has 0 aliphatic carbocycles. The van der Waals surface area contributed by atoms with Crippen LogP contribution in [0.3, 0.4) is 0 Å². The van der Waals surface area contributed by atoms with Crippen molar-refractivity contribution in [2.45, 2.75) is 101 Å². The fourth-order valence-corrected chi connectivity index (χ4v) is 2.66. The minimum absolute atomic E-state index is 0.0264. The number of carbonyl (C=O) groups excluding carboxylic acids is 3. The maximum Gasteiger partial charge on any atom is 0.311 e. The van der Waals surface area contributed by atoms with Crippen molar-refractivity contribution < 1.29 is 23.9 Å². The fourth-order valence-electron chi connectivity index (χ4n) is 2.66. The minimum Gasteiger partial charge on any atom is -0.465 e. The number of esters is 2. The summed E-state index contributed by atoms with van der Waals surface area (Å²) in [4.78, 5) is 38.8. The number of carbonyl (C=O) groups is 3. The zero-order valence-electron chi connectivity index (χ0n) is 20.5. The second kappa shape index (κ2) is 10.4. The van der Waals surface area contributed by atoms with E-state index in [1.54, 1.807) is 18.7 Å². The van der Waals surface area contributed by atoms with E-state index in [-0.39, 0.29) is 36.6 Å². The van der Waals surface area contributed by atoms with Gasteiger partial charge in [0.25, 0.3) is 0 Å². The summed E-state index contributed by atoms with van der Waals surface area (Å²) < 4.78 is 10.7. The maximum absolute atomic E-state index is 12.6. The van der Waals surface area contributed by atoms with E-state index in [0.717, 1.165) is 0 Å². The highest BCUT2D eigenvalue weighted by Crippen LogP contribution is 2.29. The first kappa shape index (κ1) is 27.4. The summed E-state index contributed by atoms with van der Waals surface area (Å²) in [6, 6.07) is 0.0264. The summed E-state index contributed by atoms with van der Waals surface area (Å²) in [7, 11) is 1.81. The third kappa shape index (κ3) is 9.18. The minimum atomic E-state index is -0.709. The van der Waals surface area contributed by atoms with Crippen LogP contribution in [0, 0.1) is 16.2 Å². The Labute approximate surface area is 177 Å². The van der Waals surface area contributed by atoms with Gasteiger partial charge >= 0.3 is 11.9 Å². The maximum atomic E-state index is 12.6. The molecule has 0 bridgehead atoms. The van der Waals surface area contributed by atoms with Crippen molar-refractivity contribution in [2.75, 3.05) is 13.7 Å². The highest BCUT2D eigenvalue weighted by Gasteiger charge is 2.34. The normalized spacial score (nSPS) is 13.8. The Hall–Kier alpha value is -1.59. The number of hydrogen-bond acceptors (Lipinski definition) is 5. The van der Waals surface area contributed by atoms with Crippen LogP contribution in [0.4, 0.5) is 0 Å². The van der Waals surface area contributed by atoms with Crippen LogP contribution in [0.1, 0.15) is 88.5 Å². The SMILES string of the molecule is CC(C)OC(=O)C(C)(C)CCOC(=O)C(C)(C)CCC(C)N(C)C(=O)C(C)(C)C. The predicted molar refractivity (Wildman–Crippen MR) is 115 cm³/mol. The van der Waals surface area contributed by atoms with E-state index in [9.17, 15) is 14.4 Å². The van der Waals surface area contributed by atoms with Gasteiger partial charge in [-0.2, -0.15) is 0 Å². The quantitative estimate of drug-likeness (QED) is 0.490. The summed E-state index contributed by atoms with van der Waals surface area (Å²) in [5, 5.41) is 0.